The number of primary amides is 2. The lowest BCUT2D eigenvalue weighted by atomic mass is 9.84. The van der Waals surface area contributed by atoms with Gasteiger partial charge in [-0.2, -0.15) is 0 Å². The Morgan fingerprint density at radius 1 is 0.635 bits per heavy atom. The number of carbonyl (C=O) groups is 6. The maximum atomic E-state index is 14.1. The first-order valence-corrected chi connectivity index (χ1v) is 21.6. The molecule has 0 unspecified atom stereocenters. The monoisotopic (exact) mass is 867 g/mol. The minimum Gasteiger partial charge on any atom is -0.497 e. The third-order valence-electron chi connectivity index (χ3n) is 13.6. The van der Waals surface area contributed by atoms with Crippen LogP contribution in [0.3, 0.4) is 0 Å². The average molecular weight is 868 g/mol. The Bertz CT molecular complexity index is 2070. The average Bonchev–Trinajstić information content (AvgIpc) is 4.02. The number of carbonyl (C=O) groups excluding carboxylic acids is 4. The Morgan fingerprint density at radius 2 is 1.00 bits per heavy atom. The second-order valence-corrected chi connectivity index (χ2v) is 17.8. The number of methoxy groups -OCH3 is 1. The molecule has 16 heteroatoms. The van der Waals surface area contributed by atoms with E-state index in [1.165, 1.54) is 23.9 Å². The molecule has 0 bridgehead atoms. The molecule has 0 aliphatic carbocycles. The number of hydrogen-bond acceptors (Lipinski definition) is 8. The highest BCUT2D eigenvalue weighted by molar-refractivity contribution is 5.96. The predicted molar refractivity (Wildman–Crippen MR) is 236 cm³/mol. The molecule has 6 rings (SSSR count). The summed E-state index contributed by atoms with van der Waals surface area (Å²) >= 11 is 0. The summed E-state index contributed by atoms with van der Waals surface area (Å²) in [6.45, 7) is 7.59. The molecule has 3 aromatic carbocycles. The molecule has 0 saturated carbocycles. The SMILES string of the molecule is COc1ccc(N2[C@H](c3ccc([C@]4(C(N)=O)CCCN4C(=O)[C@H](C(C)C)N(C)C(=O)O)cc3)CC[C@H]2c2ccc([C@]3(C(N)=O)CCCN3C(=O)[C@H](C(C)C)N(C)C(=O)O)cc2)cc1. The van der Waals surface area contributed by atoms with Gasteiger partial charge in [0, 0.05) is 32.9 Å². The minimum absolute atomic E-state index is 0.128. The van der Waals surface area contributed by atoms with Crippen LogP contribution in [-0.2, 0) is 30.3 Å². The van der Waals surface area contributed by atoms with Gasteiger partial charge >= 0.3 is 12.2 Å². The largest absolute Gasteiger partial charge is 0.497 e. The smallest absolute Gasteiger partial charge is 0.407 e. The number of benzene rings is 3. The summed E-state index contributed by atoms with van der Waals surface area (Å²) in [4.78, 5) is 86.5. The molecular weight excluding hydrogens is 807 g/mol. The number of ether oxygens (including phenoxy) is 1. The fourth-order valence-corrected chi connectivity index (χ4v) is 10.5. The molecule has 0 aromatic heterocycles. The predicted octanol–water partition coefficient (Wildman–Crippen LogP) is 5.65. The van der Waals surface area contributed by atoms with Crippen molar-refractivity contribution < 1.29 is 43.7 Å². The van der Waals surface area contributed by atoms with Gasteiger partial charge in [0.15, 0.2) is 0 Å². The van der Waals surface area contributed by atoms with Crippen molar-refractivity contribution in [1.29, 1.82) is 0 Å². The quantitative estimate of drug-likeness (QED) is 0.156. The van der Waals surface area contributed by atoms with Gasteiger partial charge in [0.2, 0.25) is 23.6 Å². The molecular formula is C47H61N7O9. The van der Waals surface area contributed by atoms with Crippen LogP contribution < -0.4 is 21.1 Å². The van der Waals surface area contributed by atoms with E-state index >= 15 is 0 Å². The molecule has 63 heavy (non-hydrogen) atoms. The molecule has 6 N–H and O–H groups in total. The summed E-state index contributed by atoms with van der Waals surface area (Å²) in [7, 11) is 4.32. The van der Waals surface area contributed by atoms with Crippen LogP contribution in [0, 0.1) is 11.8 Å². The van der Waals surface area contributed by atoms with Gasteiger partial charge in [-0.3, -0.25) is 29.0 Å². The van der Waals surface area contributed by atoms with E-state index in [2.05, 4.69) is 4.90 Å². The summed E-state index contributed by atoms with van der Waals surface area (Å²) in [5.41, 5.74) is 13.4. The minimum atomic E-state index is -1.46. The molecule has 3 aliphatic rings. The number of hydrogen-bond donors (Lipinski definition) is 4. The van der Waals surface area contributed by atoms with Crippen molar-refractivity contribution in [3.05, 3.63) is 95.1 Å². The molecule has 3 aromatic rings. The fourth-order valence-electron chi connectivity index (χ4n) is 10.5. The van der Waals surface area contributed by atoms with Gasteiger partial charge in [-0.15, -0.1) is 0 Å². The van der Waals surface area contributed by atoms with Crippen molar-refractivity contribution in [3.8, 4) is 5.75 Å². The fraction of sp³-hybridized carbons (Fsp3) is 0.489. The number of nitrogens with zero attached hydrogens (tertiary/aromatic N) is 5. The van der Waals surface area contributed by atoms with Gasteiger partial charge in [0.25, 0.3) is 0 Å². The Morgan fingerprint density at radius 3 is 1.30 bits per heavy atom. The number of likely N-dealkylation sites (tertiary alicyclic amines) is 2. The number of carboxylic acid groups (broad SMARTS) is 2. The van der Waals surface area contributed by atoms with Crippen molar-refractivity contribution in [2.75, 3.05) is 39.2 Å². The van der Waals surface area contributed by atoms with Crippen LogP contribution in [0.1, 0.15) is 101 Å². The lowest BCUT2D eigenvalue weighted by Gasteiger charge is -2.41. The van der Waals surface area contributed by atoms with Gasteiger partial charge < -0.3 is 41.1 Å². The Balaban J connectivity index is 1.34. The molecule has 6 atom stereocenters. The Hall–Kier alpha value is -6.32. The van der Waals surface area contributed by atoms with Crippen molar-refractivity contribution in [1.82, 2.24) is 19.6 Å². The summed E-state index contributed by atoms with van der Waals surface area (Å²) in [6, 6.07) is 20.8. The van der Waals surface area contributed by atoms with E-state index in [1.54, 1.807) is 34.8 Å². The normalized spacial score (nSPS) is 23.2. The van der Waals surface area contributed by atoms with E-state index in [-0.39, 0.29) is 37.0 Å². The third kappa shape index (κ3) is 8.11. The lowest BCUT2D eigenvalue weighted by Crippen LogP contribution is -2.59. The van der Waals surface area contributed by atoms with Crippen LogP contribution in [0.15, 0.2) is 72.8 Å². The van der Waals surface area contributed by atoms with Crippen molar-refractivity contribution >= 4 is 41.5 Å². The van der Waals surface area contributed by atoms with Crippen LogP contribution >= 0.6 is 0 Å². The van der Waals surface area contributed by atoms with Crippen LogP contribution in [-0.4, -0.2) is 112 Å². The van der Waals surface area contributed by atoms with Gasteiger partial charge in [-0.05, 0) is 96.9 Å². The standard InChI is InChI=1S/C47H61N7O9/c1-28(2)38(50(5)44(59)60)40(55)52-26-8-24-46(52,42(48)57)32-14-10-30(11-15-32)36-22-23-37(54(36)34-18-20-35(63-7)21-19-34)31-12-16-33(17-13-31)47(43(49)58)25-9-27-53(47)41(56)39(29(3)4)51(6)45(61)62/h10-21,28-29,36-39H,8-9,22-27H2,1-7H3,(H2,48,57)(H2,49,58)(H,59,60)(H,61,62)/t36-,37-,38-,39-,46-,47-/m0/s1. The van der Waals surface area contributed by atoms with E-state index in [0.29, 0.717) is 42.6 Å². The van der Waals surface area contributed by atoms with E-state index in [0.717, 1.165) is 39.5 Å². The van der Waals surface area contributed by atoms with Crippen molar-refractivity contribution in [2.45, 2.75) is 101 Å². The zero-order valence-corrected chi connectivity index (χ0v) is 37.2. The number of nitrogens with two attached hydrogens (primary N) is 2. The van der Waals surface area contributed by atoms with Crippen molar-refractivity contribution in [2.24, 2.45) is 23.3 Å². The maximum absolute atomic E-state index is 14.1. The van der Waals surface area contributed by atoms with Crippen LogP contribution in [0.4, 0.5) is 15.3 Å². The van der Waals surface area contributed by atoms with Gasteiger partial charge in [-0.1, -0.05) is 76.2 Å². The number of amides is 6. The van der Waals surface area contributed by atoms with Gasteiger partial charge in [-0.25, -0.2) is 9.59 Å². The van der Waals surface area contributed by atoms with Gasteiger partial charge in [0.05, 0.1) is 19.2 Å². The Labute approximate surface area is 368 Å². The highest BCUT2D eigenvalue weighted by atomic mass is 16.5. The first-order valence-electron chi connectivity index (χ1n) is 21.6. The number of rotatable bonds is 14. The Kier molecular flexibility index (Phi) is 13.3. The first-order chi connectivity index (χ1) is 29.8. The molecule has 0 spiro atoms. The zero-order valence-electron chi connectivity index (χ0n) is 37.2. The van der Waals surface area contributed by atoms with E-state index < -0.39 is 59.0 Å². The molecule has 3 saturated heterocycles. The van der Waals surface area contributed by atoms with E-state index in [4.69, 9.17) is 16.2 Å². The second-order valence-electron chi connectivity index (χ2n) is 17.8. The number of anilines is 1. The highest BCUT2D eigenvalue weighted by Crippen LogP contribution is 2.49. The molecule has 3 fully saturated rings. The summed E-state index contributed by atoms with van der Waals surface area (Å²) < 4.78 is 5.48. The summed E-state index contributed by atoms with van der Waals surface area (Å²) in [5, 5.41) is 19.6. The molecule has 338 valence electrons. The second kappa shape index (κ2) is 18.2. The molecule has 6 amide bonds. The molecule has 16 nitrogen and oxygen atoms in total. The van der Waals surface area contributed by atoms with E-state index in [9.17, 15) is 39.0 Å². The molecule has 3 aliphatic heterocycles. The van der Waals surface area contributed by atoms with Crippen LogP contribution in [0.2, 0.25) is 0 Å². The van der Waals surface area contributed by atoms with Crippen LogP contribution in [0.25, 0.3) is 0 Å². The molecule has 0 radical (unpaired) electrons. The topological polar surface area (TPSA) is 220 Å². The first kappa shape index (κ1) is 46.2. The van der Waals surface area contributed by atoms with Crippen molar-refractivity contribution in [3.63, 3.8) is 0 Å². The number of likely N-dealkylation sites (N-methyl/N-ethyl adjacent to an activating group) is 2. The molecule has 3 heterocycles. The summed E-state index contributed by atoms with van der Waals surface area (Å²) in [6.07, 6.45) is 0.650. The third-order valence-corrected chi connectivity index (χ3v) is 13.6. The maximum Gasteiger partial charge on any atom is 0.407 e. The lowest BCUT2D eigenvalue weighted by molar-refractivity contribution is -0.148. The van der Waals surface area contributed by atoms with Crippen LogP contribution in [0.5, 0.6) is 5.75 Å². The highest BCUT2D eigenvalue weighted by Gasteiger charge is 2.54. The van der Waals surface area contributed by atoms with Gasteiger partial charge in [0.1, 0.15) is 28.9 Å². The zero-order chi connectivity index (χ0) is 46.1. The summed E-state index contributed by atoms with van der Waals surface area (Å²) in [5.74, 6) is -2.31. The van der Waals surface area contributed by atoms with E-state index in [1.807, 2.05) is 72.8 Å².